The summed E-state index contributed by atoms with van der Waals surface area (Å²) in [5.41, 5.74) is 1.31. The molecule has 4 nitrogen and oxygen atoms in total. The number of hydrogen-bond acceptors (Lipinski definition) is 2. The second kappa shape index (κ2) is 6.36. The zero-order chi connectivity index (χ0) is 14.6. The highest BCUT2D eigenvalue weighted by molar-refractivity contribution is 5.97. The molecule has 0 saturated carbocycles. The molecule has 1 aromatic carbocycles. The van der Waals surface area contributed by atoms with E-state index < -0.39 is 5.97 Å². The van der Waals surface area contributed by atoms with Crippen molar-refractivity contribution in [3.8, 4) is 0 Å². The first-order valence-electron chi connectivity index (χ1n) is 6.51. The van der Waals surface area contributed by atoms with Crippen molar-refractivity contribution in [3.05, 3.63) is 34.9 Å². The highest BCUT2D eigenvalue weighted by Crippen LogP contribution is 2.12. The minimum atomic E-state index is -1.02. The number of carbonyl (C=O) groups excluding carboxylic acids is 1. The van der Waals surface area contributed by atoms with Gasteiger partial charge in [0, 0.05) is 11.6 Å². The van der Waals surface area contributed by atoms with Gasteiger partial charge in [0.15, 0.2) is 0 Å². The molecule has 0 aliphatic rings. The zero-order valence-corrected chi connectivity index (χ0v) is 11.9. The van der Waals surface area contributed by atoms with E-state index in [2.05, 4.69) is 5.32 Å². The number of hydrogen-bond donors (Lipinski definition) is 2. The van der Waals surface area contributed by atoms with Crippen LogP contribution in [0.5, 0.6) is 0 Å². The minimum Gasteiger partial charge on any atom is -0.478 e. The Morgan fingerprint density at radius 3 is 2.26 bits per heavy atom. The zero-order valence-electron chi connectivity index (χ0n) is 11.9. The van der Waals surface area contributed by atoms with E-state index in [-0.39, 0.29) is 17.5 Å². The number of carbonyl (C=O) groups is 2. The van der Waals surface area contributed by atoms with Crippen LogP contribution in [-0.2, 0) is 0 Å². The Labute approximate surface area is 113 Å². The number of benzene rings is 1. The van der Waals surface area contributed by atoms with Crippen LogP contribution in [0.3, 0.4) is 0 Å². The molecule has 0 aliphatic carbocycles. The maximum absolute atomic E-state index is 12.1. The lowest BCUT2D eigenvalue weighted by atomic mass is 10.0. The van der Waals surface area contributed by atoms with Crippen molar-refractivity contribution >= 4 is 11.9 Å². The van der Waals surface area contributed by atoms with Crippen molar-refractivity contribution in [2.45, 2.75) is 40.2 Å². The molecule has 1 amide bonds. The van der Waals surface area contributed by atoms with Crippen LogP contribution in [0.1, 0.15) is 53.5 Å². The molecule has 1 unspecified atom stereocenters. The van der Waals surface area contributed by atoms with Crippen LogP contribution < -0.4 is 5.32 Å². The lowest BCUT2D eigenvalue weighted by Gasteiger charge is -2.20. The molecule has 0 aromatic heterocycles. The molecule has 4 heteroatoms. The molecule has 1 atom stereocenters. The monoisotopic (exact) mass is 263 g/mol. The number of aryl methyl sites for hydroxylation is 1. The Morgan fingerprint density at radius 2 is 1.79 bits per heavy atom. The molecule has 1 aromatic rings. The molecule has 1 rings (SSSR count). The largest absolute Gasteiger partial charge is 0.478 e. The Kier molecular flexibility index (Phi) is 5.10. The van der Waals surface area contributed by atoms with Crippen molar-refractivity contribution in [2.75, 3.05) is 0 Å². The Bertz CT molecular complexity index is 480. The first-order valence-corrected chi connectivity index (χ1v) is 6.51. The molecule has 0 fully saturated rings. The standard InChI is InChI=1S/C15H21NO3/c1-5-13(9(2)3)16-14(17)11-6-10(4)7-12(8-11)15(18)19/h6-9,13H,5H2,1-4H3,(H,16,17)(H,18,19). The van der Waals surface area contributed by atoms with E-state index in [1.54, 1.807) is 19.1 Å². The summed E-state index contributed by atoms with van der Waals surface area (Å²) in [4.78, 5) is 23.1. The lowest BCUT2D eigenvalue weighted by molar-refractivity contribution is 0.0696. The van der Waals surface area contributed by atoms with E-state index in [1.165, 1.54) is 6.07 Å². The highest BCUT2D eigenvalue weighted by atomic mass is 16.4. The van der Waals surface area contributed by atoms with Gasteiger partial charge in [0.25, 0.3) is 5.91 Å². The fraction of sp³-hybridized carbons (Fsp3) is 0.467. The van der Waals surface area contributed by atoms with E-state index in [1.807, 2.05) is 20.8 Å². The Balaban J connectivity index is 2.96. The number of carboxylic acids is 1. The van der Waals surface area contributed by atoms with Gasteiger partial charge in [-0.15, -0.1) is 0 Å². The third-order valence-electron chi connectivity index (χ3n) is 3.15. The summed E-state index contributed by atoms with van der Waals surface area (Å²) < 4.78 is 0. The maximum atomic E-state index is 12.1. The molecule has 0 spiro atoms. The van der Waals surface area contributed by atoms with Crippen molar-refractivity contribution in [3.63, 3.8) is 0 Å². The average Bonchev–Trinajstić information content (AvgIpc) is 2.34. The number of aromatic carboxylic acids is 1. The summed E-state index contributed by atoms with van der Waals surface area (Å²) in [6.45, 7) is 7.90. The van der Waals surface area contributed by atoms with Gasteiger partial charge in [0.05, 0.1) is 5.56 Å². The number of amides is 1. The van der Waals surface area contributed by atoms with Crippen molar-refractivity contribution in [2.24, 2.45) is 5.92 Å². The van der Waals surface area contributed by atoms with Crippen LogP contribution in [0.25, 0.3) is 0 Å². The summed E-state index contributed by atoms with van der Waals surface area (Å²) in [7, 11) is 0. The number of rotatable bonds is 5. The second-order valence-electron chi connectivity index (χ2n) is 5.13. The molecule has 0 heterocycles. The van der Waals surface area contributed by atoms with Crippen molar-refractivity contribution < 1.29 is 14.7 Å². The highest BCUT2D eigenvalue weighted by Gasteiger charge is 2.16. The minimum absolute atomic E-state index is 0.0984. The fourth-order valence-electron chi connectivity index (χ4n) is 2.03. The van der Waals surface area contributed by atoms with Crippen molar-refractivity contribution in [1.82, 2.24) is 5.32 Å². The van der Waals surface area contributed by atoms with E-state index in [0.29, 0.717) is 11.5 Å². The number of nitrogens with one attached hydrogen (secondary N) is 1. The van der Waals surface area contributed by atoms with Crippen LogP contribution >= 0.6 is 0 Å². The maximum Gasteiger partial charge on any atom is 0.335 e. The molecule has 0 radical (unpaired) electrons. The molecule has 0 bridgehead atoms. The first kappa shape index (κ1) is 15.2. The second-order valence-corrected chi connectivity index (χ2v) is 5.13. The molecule has 2 N–H and O–H groups in total. The van der Waals surface area contributed by atoms with Gasteiger partial charge >= 0.3 is 5.97 Å². The van der Waals surface area contributed by atoms with Crippen LogP contribution in [-0.4, -0.2) is 23.0 Å². The van der Waals surface area contributed by atoms with Crippen LogP contribution in [0.2, 0.25) is 0 Å². The molecule has 104 valence electrons. The topological polar surface area (TPSA) is 66.4 Å². The van der Waals surface area contributed by atoms with E-state index in [9.17, 15) is 9.59 Å². The van der Waals surface area contributed by atoms with Crippen LogP contribution in [0.15, 0.2) is 18.2 Å². The van der Waals surface area contributed by atoms with Gasteiger partial charge in [0.1, 0.15) is 0 Å². The number of carboxylic acid groups (broad SMARTS) is 1. The third kappa shape index (κ3) is 4.09. The van der Waals surface area contributed by atoms with Gasteiger partial charge in [-0.1, -0.05) is 20.8 Å². The predicted octanol–water partition coefficient (Wildman–Crippen LogP) is 2.86. The van der Waals surface area contributed by atoms with E-state index in [0.717, 1.165) is 12.0 Å². The fourth-order valence-corrected chi connectivity index (χ4v) is 2.03. The lowest BCUT2D eigenvalue weighted by Crippen LogP contribution is -2.38. The normalized spacial score (nSPS) is 12.3. The molecular formula is C15H21NO3. The first-order chi connectivity index (χ1) is 8.85. The molecule has 0 saturated heterocycles. The quantitative estimate of drug-likeness (QED) is 0.858. The molecular weight excluding hydrogens is 242 g/mol. The SMILES string of the molecule is CCC(NC(=O)c1cc(C)cc(C(=O)O)c1)C(C)C. The van der Waals surface area contributed by atoms with E-state index in [4.69, 9.17) is 5.11 Å². The Morgan fingerprint density at radius 1 is 1.21 bits per heavy atom. The van der Waals surface area contributed by atoms with Gasteiger partial charge in [-0.25, -0.2) is 4.79 Å². The molecule has 0 aliphatic heterocycles. The average molecular weight is 263 g/mol. The molecule has 19 heavy (non-hydrogen) atoms. The van der Waals surface area contributed by atoms with Gasteiger partial charge in [-0.3, -0.25) is 4.79 Å². The third-order valence-corrected chi connectivity index (χ3v) is 3.15. The van der Waals surface area contributed by atoms with Gasteiger partial charge in [-0.05, 0) is 43.0 Å². The predicted molar refractivity (Wildman–Crippen MR) is 74.5 cm³/mol. The van der Waals surface area contributed by atoms with E-state index >= 15 is 0 Å². The summed E-state index contributed by atoms with van der Waals surface area (Å²) in [5, 5.41) is 11.9. The summed E-state index contributed by atoms with van der Waals surface area (Å²) >= 11 is 0. The van der Waals surface area contributed by atoms with Gasteiger partial charge in [-0.2, -0.15) is 0 Å². The van der Waals surface area contributed by atoms with Crippen LogP contribution in [0.4, 0.5) is 0 Å². The summed E-state index contributed by atoms with van der Waals surface area (Å²) in [6, 6.07) is 4.77. The Hall–Kier alpha value is -1.84. The van der Waals surface area contributed by atoms with Crippen molar-refractivity contribution in [1.29, 1.82) is 0 Å². The smallest absolute Gasteiger partial charge is 0.335 e. The van der Waals surface area contributed by atoms with Gasteiger partial charge < -0.3 is 10.4 Å². The van der Waals surface area contributed by atoms with Gasteiger partial charge in [0.2, 0.25) is 0 Å². The van der Waals surface area contributed by atoms with Crippen LogP contribution in [0, 0.1) is 12.8 Å². The summed E-state index contributed by atoms with van der Waals surface area (Å²) in [6.07, 6.45) is 0.848. The summed E-state index contributed by atoms with van der Waals surface area (Å²) in [5.74, 6) is -0.891.